The summed E-state index contributed by atoms with van der Waals surface area (Å²) in [6, 6.07) is 1.07. The molecule has 0 amide bonds. The third kappa shape index (κ3) is 3.01. The second-order valence-corrected chi connectivity index (χ2v) is 7.28. The van der Waals surface area contributed by atoms with Gasteiger partial charge in [0.15, 0.2) is 0 Å². The molecule has 1 saturated heterocycles. The Morgan fingerprint density at radius 3 is 2.60 bits per heavy atom. The molecule has 0 spiro atoms. The maximum Gasteiger partial charge on any atom is 0.324 e. The van der Waals surface area contributed by atoms with Crippen molar-refractivity contribution >= 4 is 5.97 Å². The Morgan fingerprint density at radius 2 is 1.90 bits per heavy atom. The maximum atomic E-state index is 11.7. The molecular weight excluding hydrogens is 252 g/mol. The zero-order valence-corrected chi connectivity index (χ0v) is 12.6. The van der Waals surface area contributed by atoms with Crippen molar-refractivity contribution in [3.8, 4) is 0 Å². The van der Waals surface area contributed by atoms with Crippen molar-refractivity contribution in [2.45, 2.75) is 75.9 Å². The molecule has 3 rings (SSSR count). The summed E-state index contributed by atoms with van der Waals surface area (Å²) >= 11 is 0. The molecule has 0 aromatic heterocycles. The number of carboxylic acid groups (broad SMARTS) is 1. The lowest BCUT2D eigenvalue weighted by atomic mass is 9.78. The average molecular weight is 280 g/mol. The maximum absolute atomic E-state index is 11.7. The molecule has 0 aromatic rings. The van der Waals surface area contributed by atoms with Crippen LogP contribution in [0.2, 0.25) is 0 Å². The average Bonchev–Trinajstić information content (AvgIpc) is 3.23. The second-order valence-electron chi connectivity index (χ2n) is 7.28. The number of hydrogen-bond donors (Lipinski definition) is 2. The van der Waals surface area contributed by atoms with Gasteiger partial charge in [-0.1, -0.05) is 12.8 Å². The van der Waals surface area contributed by atoms with Crippen molar-refractivity contribution < 1.29 is 9.90 Å². The molecule has 0 radical (unpaired) electrons. The third-order valence-electron chi connectivity index (χ3n) is 5.45. The molecule has 4 heteroatoms. The van der Waals surface area contributed by atoms with Gasteiger partial charge in [-0.25, -0.2) is 0 Å². The molecule has 4 nitrogen and oxygen atoms in total. The van der Waals surface area contributed by atoms with Gasteiger partial charge in [0.25, 0.3) is 0 Å². The van der Waals surface area contributed by atoms with Crippen LogP contribution in [0.25, 0.3) is 0 Å². The quantitative estimate of drug-likeness (QED) is 0.811. The van der Waals surface area contributed by atoms with Crippen LogP contribution in [-0.4, -0.2) is 46.7 Å². The van der Waals surface area contributed by atoms with Gasteiger partial charge in [0.1, 0.15) is 5.54 Å². The van der Waals surface area contributed by atoms with E-state index in [1.807, 2.05) is 6.92 Å². The first kappa shape index (κ1) is 14.3. The Kier molecular flexibility index (Phi) is 4.04. The van der Waals surface area contributed by atoms with Gasteiger partial charge < -0.3 is 5.11 Å². The molecule has 2 aliphatic carbocycles. The Labute approximate surface area is 121 Å². The molecule has 3 fully saturated rings. The van der Waals surface area contributed by atoms with E-state index in [-0.39, 0.29) is 0 Å². The van der Waals surface area contributed by atoms with Crippen LogP contribution < -0.4 is 5.32 Å². The first-order valence-corrected chi connectivity index (χ1v) is 8.34. The monoisotopic (exact) mass is 280 g/mol. The van der Waals surface area contributed by atoms with Crippen LogP contribution in [0, 0.1) is 5.92 Å². The van der Waals surface area contributed by atoms with E-state index in [4.69, 9.17) is 0 Å². The van der Waals surface area contributed by atoms with E-state index in [1.54, 1.807) is 0 Å². The lowest BCUT2D eigenvalue weighted by Crippen LogP contribution is -2.61. The summed E-state index contributed by atoms with van der Waals surface area (Å²) in [4.78, 5) is 14.2. The number of fused-ring (bicyclic) bond motifs is 1. The predicted octanol–water partition coefficient (Wildman–Crippen LogP) is 2.24. The Hall–Kier alpha value is -0.610. The van der Waals surface area contributed by atoms with Gasteiger partial charge in [-0.05, 0) is 57.9 Å². The minimum atomic E-state index is -0.777. The van der Waals surface area contributed by atoms with Crippen molar-refractivity contribution in [2.75, 3.05) is 13.1 Å². The van der Waals surface area contributed by atoms with Crippen molar-refractivity contribution in [1.29, 1.82) is 0 Å². The van der Waals surface area contributed by atoms with Crippen LogP contribution in [0.4, 0.5) is 0 Å². The van der Waals surface area contributed by atoms with E-state index >= 15 is 0 Å². The molecule has 2 N–H and O–H groups in total. The minimum Gasteiger partial charge on any atom is -0.480 e. The van der Waals surface area contributed by atoms with Crippen LogP contribution in [-0.2, 0) is 4.79 Å². The number of nitrogens with one attached hydrogen (secondary N) is 1. The summed E-state index contributed by atoms with van der Waals surface area (Å²) in [5, 5.41) is 13.0. The van der Waals surface area contributed by atoms with Gasteiger partial charge in [0, 0.05) is 18.6 Å². The summed E-state index contributed by atoms with van der Waals surface area (Å²) in [6.45, 7) is 3.62. The first-order chi connectivity index (χ1) is 9.58. The van der Waals surface area contributed by atoms with Gasteiger partial charge in [-0.2, -0.15) is 0 Å². The number of likely N-dealkylation sites (tertiary alicyclic amines) is 1. The molecule has 20 heavy (non-hydrogen) atoms. The van der Waals surface area contributed by atoms with Crippen LogP contribution in [0.15, 0.2) is 0 Å². The van der Waals surface area contributed by atoms with Crippen LogP contribution in [0.1, 0.15) is 58.3 Å². The molecule has 3 aliphatic rings. The molecule has 2 saturated carbocycles. The van der Waals surface area contributed by atoms with Gasteiger partial charge >= 0.3 is 5.97 Å². The highest BCUT2D eigenvalue weighted by atomic mass is 16.4. The van der Waals surface area contributed by atoms with Crippen LogP contribution in [0.3, 0.4) is 0 Å². The van der Waals surface area contributed by atoms with Crippen molar-refractivity contribution in [2.24, 2.45) is 5.92 Å². The van der Waals surface area contributed by atoms with Crippen molar-refractivity contribution in [3.05, 3.63) is 0 Å². The van der Waals surface area contributed by atoms with Crippen LogP contribution >= 0.6 is 0 Å². The smallest absolute Gasteiger partial charge is 0.324 e. The standard InChI is InChI=1S/C16H28N2O2/c1-16(15(19)20,17-13-8-9-13)11-18-10-4-6-12-5-2-3-7-14(12)18/h12-14,17H,2-11H2,1H3,(H,19,20)/t12-,14-,16?/m1/s1. The van der Waals surface area contributed by atoms with E-state index in [0.29, 0.717) is 18.6 Å². The van der Waals surface area contributed by atoms with Crippen molar-refractivity contribution in [1.82, 2.24) is 10.2 Å². The van der Waals surface area contributed by atoms with Crippen molar-refractivity contribution in [3.63, 3.8) is 0 Å². The Bertz CT molecular complexity index is 367. The van der Waals surface area contributed by atoms with E-state index in [9.17, 15) is 9.90 Å². The molecule has 1 unspecified atom stereocenters. The Morgan fingerprint density at radius 1 is 1.20 bits per heavy atom. The number of aliphatic carboxylic acids is 1. The summed E-state index contributed by atoms with van der Waals surface area (Å²) < 4.78 is 0. The molecule has 0 bridgehead atoms. The molecule has 1 aliphatic heterocycles. The van der Waals surface area contributed by atoms with Crippen LogP contribution in [0.5, 0.6) is 0 Å². The number of carboxylic acids is 1. The topological polar surface area (TPSA) is 52.6 Å². The summed E-state index contributed by atoms with van der Waals surface area (Å²) in [7, 11) is 0. The lowest BCUT2D eigenvalue weighted by molar-refractivity contribution is -0.146. The minimum absolute atomic E-state index is 0.433. The third-order valence-corrected chi connectivity index (χ3v) is 5.45. The SMILES string of the molecule is CC(CN1CCC[C@H]2CCCC[C@H]21)(NC1CC1)C(=O)O. The van der Waals surface area contributed by atoms with E-state index in [1.165, 1.54) is 38.5 Å². The van der Waals surface area contributed by atoms with Gasteiger partial charge in [-0.3, -0.25) is 15.0 Å². The summed E-state index contributed by atoms with van der Waals surface area (Å²) in [6.07, 6.45) is 10.2. The van der Waals surface area contributed by atoms with E-state index < -0.39 is 11.5 Å². The number of nitrogens with zero attached hydrogens (tertiary/aromatic N) is 1. The molecule has 114 valence electrons. The number of carbonyl (C=O) groups is 1. The fourth-order valence-corrected chi connectivity index (χ4v) is 4.18. The summed E-state index contributed by atoms with van der Waals surface area (Å²) in [5.41, 5.74) is -0.777. The molecule has 0 aromatic carbocycles. The summed E-state index contributed by atoms with van der Waals surface area (Å²) in [5.74, 6) is 0.124. The highest BCUT2D eigenvalue weighted by molar-refractivity contribution is 5.78. The highest BCUT2D eigenvalue weighted by Crippen LogP contribution is 2.36. The highest BCUT2D eigenvalue weighted by Gasteiger charge is 2.43. The number of rotatable bonds is 5. The largest absolute Gasteiger partial charge is 0.480 e. The fraction of sp³-hybridized carbons (Fsp3) is 0.938. The normalized spacial score (nSPS) is 34.2. The van der Waals surface area contributed by atoms with E-state index in [2.05, 4.69) is 10.2 Å². The van der Waals surface area contributed by atoms with Gasteiger partial charge in [0.05, 0.1) is 0 Å². The second kappa shape index (κ2) is 5.64. The zero-order chi connectivity index (χ0) is 14.2. The van der Waals surface area contributed by atoms with Gasteiger partial charge in [-0.15, -0.1) is 0 Å². The molecular formula is C16H28N2O2. The number of hydrogen-bond acceptors (Lipinski definition) is 3. The lowest BCUT2D eigenvalue weighted by Gasteiger charge is -2.46. The molecule has 1 heterocycles. The Balaban J connectivity index is 1.68. The predicted molar refractivity (Wildman–Crippen MR) is 78.8 cm³/mol. The zero-order valence-electron chi connectivity index (χ0n) is 12.6. The van der Waals surface area contributed by atoms with Gasteiger partial charge in [0.2, 0.25) is 0 Å². The number of piperidine rings is 1. The first-order valence-electron chi connectivity index (χ1n) is 8.34. The van der Waals surface area contributed by atoms with E-state index in [0.717, 1.165) is 25.3 Å². The molecule has 3 atom stereocenters. The fourth-order valence-electron chi connectivity index (χ4n) is 4.18.